The summed E-state index contributed by atoms with van der Waals surface area (Å²) in [5, 5.41) is 7.33. The quantitative estimate of drug-likeness (QED) is 0.494. The summed E-state index contributed by atoms with van der Waals surface area (Å²) in [6, 6.07) is 3.88. The van der Waals surface area contributed by atoms with Gasteiger partial charge in [-0.05, 0) is 56.0 Å². The van der Waals surface area contributed by atoms with E-state index in [0.717, 1.165) is 28.1 Å². The van der Waals surface area contributed by atoms with Gasteiger partial charge in [0.2, 0.25) is 5.91 Å². The molecule has 2 heterocycles. The van der Waals surface area contributed by atoms with Crippen LogP contribution in [0.25, 0.3) is 11.1 Å². The Balaban J connectivity index is 1.64. The molecule has 1 unspecified atom stereocenters. The second-order valence-electron chi connectivity index (χ2n) is 6.72. The van der Waals surface area contributed by atoms with Gasteiger partial charge in [0.15, 0.2) is 0 Å². The highest BCUT2D eigenvalue weighted by atomic mass is 35.5. The Morgan fingerprint density at radius 1 is 1.38 bits per heavy atom. The van der Waals surface area contributed by atoms with Crippen LogP contribution < -0.4 is 21.5 Å². The number of aryl methyl sites for hydroxylation is 2. The number of benzene rings is 1. The molecule has 0 bridgehead atoms. The molecule has 1 aliphatic rings. The molecule has 7 nitrogen and oxygen atoms in total. The number of ether oxygens (including phenoxy) is 1. The number of nitrogens with one attached hydrogen (secondary N) is 1. The third-order valence-corrected chi connectivity index (χ3v) is 4.79. The highest BCUT2D eigenvalue weighted by Crippen LogP contribution is 2.40. The maximum Gasteiger partial charge on any atom is 0.244 e. The topological polar surface area (TPSA) is 116 Å². The van der Waals surface area contributed by atoms with Gasteiger partial charge in [-0.1, -0.05) is 16.8 Å². The molecule has 0 fully saturated rings. The number of nitrogens with zero attached hydrogens (tertiary/aromatic N) is 1. The van der Waals surface area contributed by atoms with Crippen LogP contribution in [-0.4, -0.2) is 23.7 Å². The Labute approximate surface area is 174 Å². The van der Waals surface area contributed by atoms with Crippen LogP contribution in [0.5, 0.6) is 5.75 Å². The van der Waals surface area contributed by atoms with Gasteiger partial charge in [-0.2, -0.15) is 0 Å². The van der Waals surface area contributed by atoms with Crippen LogP contribution >= 0.6 is 11.6 Å². The van der Waals surface area contributed by atoms with E-state index in [2.05, 4.69) is 10.5 Å². The molecule has 0 saturated carbocycles. The third kappa shape index (κ3) is 4.81. The first-order chi connectivity index (χ1) is 13.9. The molecule has 2 aromatic rings. The van der Waals surface area contributed by atoms with Crippen molar-refractivity contribution < 1.29 is 14.1 Å². The SMILES string of the molecule is Cc1noc(C)c1-c1cc(Cl)c2c(c1)CC(CNC(=O)/C=C/C(N)=C/C=C\N)O2. The molecule has 5 N–H and O–H groups in total. The molecule has 0 saturated heterocycles. The minimum absolute atomic E-state index is 0.201. The predicted octanol–water partition coefficient (Wildman–Crippen LogP) is 2.90. The Morgan fingerprint density at radius 3 is 2.86 bits per heavy atom. The van der Waals surface area contributed by atoms with Gasteiger partial charge in [0.05, 0.1) is 17.3 Å². The number of amides is 1. The lowest BCUT2D eigenvalue weighted by Crippen LogP contribution is -2.33. The molecule has 1 aliphatic heterocycles. The van der Waals surface area contributed by atoms with Crippen LogP contribution in [-0.2, 0) is 11.2 Å². The maximum atomic E-state index is 12.0. The second-order valence-corrected chi connectivity index (χ2v) is 7.13. The van der Waals surface area contributed by atoms with Crippen molar-refractivity contribution in [2.75, 3.05) is 6.54 Å². The summed E-state index contributed by atoms with van der Waals surface area (Å²) in [6.45, 7) is 4.11. The van der Waals surface area contributed by atoms with Gasteiger partial charge >= 0.3 is 0 Å². The monoisotopic (exact) mass is 414 g/mol. The summed E-state index contributed by atoms with van der Waals surface area (Å²) in [7, 11) is 0. The van der Waals surface area contributed by atoms with Crippen LogP contribution in [0, 0.1) is 13.8 Å². The van der Waals surface area contributed by atoms with E-state index in [1.807, 2.05) is 26.0 Å². The van der Waals surface area contributed by atoms with E-state index >= 15 is 0 Å². The van der Waals surface area contributed by atoms with Crippen LogP contribution in [0.2, 0.25) is 5.02 Å². The van der Waals surface area contributed by atoms with Crippen LogP contribution in [0.4, 0.5) is 0 Å². The summed E-state index contributed by atoms with van der Waals surface area (Å²) < 4.78 is 11.2. The van der Waals surface area contributed by atoms with Crippen molar-refractivity contribution in [1.82, 2.24) is 10.5 Å². The van der Waals surface area contributed by atoms with Gasteiger partial charge in [0, 0.05) is 29.3 Å². The number of halogens is 1. The Morgan fingerprint density at radius 2 is 2.17 bits per heavy atom. The predicted molar refractivity (Wildman–Crippen MR) is 112 cm³/mol. The number of nitrogens with two attached hydrogens (primary N) is 2. The smallest absolute Gasteiger partial charge is 0.244 e. The van der Waals surface area contributed by atoms with E-state index in [1.54, 1.807) is 12.2 Å². The van der Waals surface area contributed by atoms with Crippen molar-refractivity contribution in [2.24, 2.45) is 11.5 Å². The van der Waals surface area contributed by atoms with Crippen molar-refractivity contribution in [3.05, 3.63) is 70.4 Å². The van der Waals surface area contributed by atoms with Crippen molar-refractivity contribution in [3.8, 4) is 16.9 Å². The highest BCUT2D eigenvalue weighted by Gasteiger charge is 2.27. The van der Waals surface area contributed by atoms with Gasteiger partial charge in [0.25, 0.3) is 0 Å². The number of rotatable bonds is 6. The third-order valence-electron chi connectivity index (χ3n) is 4.51. The van der Waals surface area contributed by atoms with Gasteiger partial charge < -0.3 is 26.0 Å². The zero-order valence-corrected chi connectivity index (χ0v) is 17.0. The number of aromatic nitrogens is 1. The number of carbonyl (C=O) groups is 1. The fraction of sp³-hybridized carbons (Fsp3) is 0.238. The van der Waals surface area contributed by atoms with Crippen LogP contribution in [0.3, 0.4) is 0 Å². The fourth-order valence-electron chi connectivity index (χ4n) is 3.21. The molecule has 1 aromatic heterocycles. The molecule has 8 heteroatoms. The van der Waals surface area contributed by atoms with Crippen LogP contribution in [0.15, 0.2) is 52.9 Å². The number of carbonyl (C=O) groups excluding carboxylic acids is 1. The zero-order chi connectivity index (χ0) is 21.0. The highest BCUT2D eigenvalue weighted by molar-refractivity contribution is 6.32. The van der Waals surface area contributed by atoms with E-state index in [-0.39, 0.29) is 12.0 Å². The molecule has 1 amide bonds. The van der Waals surface area contributed by atoms with Gasteiger partial charge in [-0.3, -0.25) is 4.79 Å². The molecule has 1 atom stereocenters. The molecule has 0 radical (unpaired) electrons. The molecule has 0 aliphatic carbocycles. The number of fused-ring (bicyclic) bond motifs is 1. The van der Waals surface area contributed by atoms with E-state index in [4.69, 9.17) is 32.3 Å². The number of hydrogen-bond donors (Lipinski definition) is 3. The fourth-order valence-corrected chi connectivity index (χ4v) is 3.49. The minimum atomic E-state index is -0.264. The normalized spacial score (nSPS) is 16.4. The molecule has 0 spiro atoms. The summed E-state index contributed by atoms with van der Waals surface area (Å²) in [5.41, 5.74) is 15.0. The summed E-state index contributed by atoms with van der Waals surface area (Å²) in [4.78, 5) is 12.0. The van der Waals surface area contributed by atoms with Gasteiger partial charge in [-0.25, -0.2) is 0 Å². The molecule has 1 aromatic carbocycles. The van der Waals surface area contributed by atoms with Crippen molar-refractivity contribution in [1.29, 1.82) is 0 Å². The molecule has 29 heavy (non-hydrogen) atoms. The van der Waals surface area contributed by atoms with E-state index in [9.17, 15) is 4.79 Å². The summed E-state index contributed by atoms with van der Waals surface area (Å²) in [6.07, 6.45) is 7.85. The molecule has 3 rings (SSSR count). The first-order valence-corrected chi connectivity index (χ1v) is 9.49. The van der Waals surface area contributed by atoms with E-state index < -0.39 is 0 Å². The zero-order valence-electron chi connectivity index (χ0n) is 16.2. The first kappa shape index (κ1) is 20.5. The van der Waals surface area contributed by atoms with Crippen molar-refractivity contribution in [3.63, 3.8) is 0 Å². The van der Waals surface area contributed by atoms with Crippen molar-refractivity contribution >= 4 is 17.5 Å². The Hall–Kier alpha value is -3.19. The van der Waals surface area contributed by atoms with Crippen LogP contribution in [0.1, 0.15) is 17.0 Å². The standard InChI is InChI=1S/C21H23ClN4O3/c1-12-20(13(2)29-26-12)14-8-15-9-17(28-21(15)18(22)10-14)11-25-19(27)6-5-16(24)4-3-7-23/h3-8,10,17H,9,11,23-24H2,1-2H3,(H,25,27)/b6-5+,7-3-,16-4-. The summed E-state index contributed by atoms with van der Waals surface area (Å²) >= 11 is 6.44. The second kappa shape index (κ2) is 8.87. The van der Waals surface area contributed by atoms with Gasteiger partial charge in [0.1, 0.15) is 17.6 Å². The lowest BCUT2D eigenvalue weighted by Gasteiger charge is -2.11. The van der Waals surface area contributed by atoms with E-state index in [0.29, 0.717) is 29.4 Å². The lowest BCUT2D eigenvalue weighted by atomic mass is 10.00. The minimum Gasteiger partial charge on any atom is -0.486 e. The maximum absolute atomic E-state index is 12.0. The molecule has 152 valence electrons. The van der Waals surface area contributed by atoms with Gasteiger partial charge in [-0.15, -0.1) is 0 Å². The molecular weight excluding hydrogens is 392 g/mol. The lowest BCUT2D eigenvalue weighted by molar-refractivity contribution is -0.116. The number of hydrogen-bond acceptors (Lipinski definition) is 6. The van der Waals surface area contributed by atoms with E-state index in [1.165, 1.54) is 18.4 Å². The summed E-state index contributed by atoms with van der Waals surface area (Å²) in [5.74, 6) is 1.13. The Kier molecular flexibility index (Phi) is 6.29. The average molecular weight is 415 g/mol. The average Bonchev–Trinajstić information content (AvgIpc) is 3.25. The Bertz CT molecular complexity index is 988. The first-order valence-electron chi connectivity index (χ1n) is 9.11. The number of allylic oxidation sites excluding steroid dienone is 3. The largest absolute Gasteiger partial charge is 0.486 e. The van der Waals surface area contributed by atoms with Crippen molar-refractivity contribution in [2.45, 2.75) is 26.4 Å². The molecular formula is C21H23ClN4O3.